The van der Waals surface area contributed by atoms with Crippen LogP contribution in [-0.4, -0.2) is 75.9 Å². The lowest BCUT2D eigenvalue weighted by Crippen LogP contribution is -2.42. The van der Waals surface area contributed by atoms with Gasteiger partial charge < -0.3 is 20.1 Å². The van der Waals surface area contributed by atoms with Crippen LogP contribution in [0.4, 0.5) is 0 Å². The fourth-order valence-corrected chi connectivity index (χ4v) is 3.24. The third-order valence-electron chi connectivity index (χ3n) is 4.35. The second-order valence-electron chi connectivity index (χ2n) is 6.08. The van der Waals surface area contributed by atoms with E-state index in [1.54, 1.807) is 7.11 Å². The molecule has 0 aliphatic carbocycles. The summed E-state index contributed by atoms with van der Waals surface area (Å²) in [5.41, 5.74) is 1.26. The first-order valence-corrected chi connectivity index (χ1v) is 10.6. The van der Waals surface area contributed by atoms with E-state index in [0.29, 0.717) is 6.54 Å². The maximum absolute atomic E-state index is 5.53. The number of guanidine groups is 1. The van der Waals surface area contributed by atoms with Gasteiger partial charge in [0.05, 0.1) is 32.9 Å². The first kappa shape index (κ1) is 20.9. The Bertz CT molecular complexity index is 533. The van der Waals surface area contributed by atoms with Crippen LogP contribution < -0.4 is 15.4 Å². The van der Waals surface area contributed by atoms with Gasteiger partial charge in [-0.1, -0.05) is 12.1 Å². The molecular weight excluding hydrogens is 348 g/mol. The highest BCUT2D eigenvalue weighted by Crippen LogP contribution is 2.24. The molecule has 1 aliphatic rings. The average Bonchev–Trinajstić information content (AvgIpc) is 2.69. The number of aliphatic imine (C=N–C) groups is 1. The number of ether oxygens (including phenoxy) is 2. The highest BCUT2D eigenvalue weighted by atomic mass is 32.2. The van der Waals surface area contributed by atoms with Gasteiger partial charge in [-0.3, -0.25) is 9.89 Å². The summed E-state index contributed by atoms with van der Waals surface area (Å²) < 4.78 is 10.8. The molecule has 0 saturated carbocycles. The molecule has 1 heterocycles. The molecular formula is C19H32N4O2S. The summed E-state index contributed by atoms with van der Waals surface area (Å²) in [5, 5.41) is 6.74. The van der Waals surface area contributed by atoms with Crippen molar-refractivity contribution in [2.45, 2.75) is 13.0 Å². The molecule has 1 saturated heterocycles. The van der Waals surface area contributed by atoms with E-state index in [-0.39, 0.29) is 6.04 Å². The molecule has 6 nitrogen and oxygen atoms in total. The van der Waals surface area contributed by atoms with E-state index in [1.807, 2.05) is 23.9 Å². The highest BCUT2D eigenvalue weighted by Gasteiger charge is 2.22. The van der Waals surface area contributed by atoms with Gasteiger partial charge in [0, 0.05) is 31.9 Å². The van der Waals surface area contributed by atoms with Crippen molar-refractivity contribution in [3.05, 3.63) is 29.8 Å². The Hall–Kier alpha value is -1.44. The quantitative estimate of drug-likeness (QED) is 0.388. The summed E-state index contributed by atoms with van der Waals surface area (Å²) in [7, 11) is 1.70. The summed E-state index contributed by atoms with van der Waals surface area (Å²) >= 11 is 1.83. The number of methoxy groups -OCH3 is 1. The molecule has 146 valence electrons. The van der Waals surface area contributed by atoms with Crippen LogP contribution in [0.2, 0.25) is 0 Å². The summed E-state index contributed by atoms with van der Waals surface area (Å²) in [6.07, 6.45) is 2.11. The molecule has 1 unspecified atom stereocenters. The topological polar surface area (TPSA) is 58.1 Å². The lowest BCUT2D eigenvalue weighted by Gasteiger charge is -2.34. The van der Waals surface area contributed by atoms with E-state index in [1.165, 1.54) is 5.56 Å². The van der Waals surface area contributed by atoms with Gasteiger partial charge in [0.2, 0.25) is 0 Å². The van der Waals surface area contributed by atoms with Crippen molar-refractivity contribution in [3.63, 3.8) is 0 Å². The molecule has 0 spiro atoms. The number of thioether (sulfide) groups is 1. The molecule has 7 heteroatoms. The normalized spacial score (nSPS) is 17.0. The summed E-state index contributed by atoms with van der Waals surface area (Å²) in [5.74, 6) is 2.83. The molecule has 1 aromatic carbocycles. The van der Waals surface area contributed by atoms with E-state index in [2.05, 4.69) is 40.8 Å². The second kappa shape index (κ2) is 12.0. The van der Waals surface area contributed by atoms with Gasteiger partial charge in [-0.25, -0.2) is 0 Å². The Labute approximate surface area is 161 Å². The molecule has 26 heavy (non-hydrogen) atoms. The largest absolute Gasteiger partial charge is 0.497 e. The SMILES string of the molecule is CCNC(=NCC(c1ccc(OC)cc1)N1CCOCC1)NCCSC. The van der Waals surface area contributed by atoms with Gasteiger partial charge in [0.15, 0.2) is 5.96 Å². The molecule has 1 aliphatic heterocycles. The summed E-state index contributed by atoms with van der Waals surface area (Å²) in [6.45, 7) is 8.00. The summed E-state index contributed by atoms with van der Waals surface area (Å²) in [4.78, 5) is 7.31. The molecule has 1 fully saturated rings. The van der Waals surface area contributed by atoms with Crippen molar-refractivity contribution >= 4 is 17.7 Å². The van der Waals surface area contributed by atoms with Gasteiger partial charge >= 0.3 is 0 Å². The fraction of sp³-hybridized carbons (Fsp3) is 0.632. The zero-order valence-electron chi connectivity index (χ0n) is 16.2. The predicted molar refractivity (Wildman–Crippen MR) is 110 cm³/mol. The van der Waals surface area contributed by atoms with Crippen molar-refractivity contribution in [3.8, 4) is 5.75 Å². The van der Waals surface area contributed by atoms with Crippen molar-refractivity contribution in [1.29, 1.82) is 0 Å². The van der Waals surface area contributed by atoms with Crippen LogP contribution in [0.3, 0.4) is 0 Å². The predicted octanol–water partition coefficient (Wildman–Crippen LogP) is 1.99. The minimum absolute atomic E-state index is 0.237. The van der Waals surface area contributed by atoms with E-state index in [4.69, 9.17) is 14.5 Å². The van der Waals surface area contributed by atoms with Gasteiger partial charge in [0.25, 0.3) is 0 Å². The first-order chi connectivity index (χ1) is 12.8. The van der Waals surface area contributed by atoms with Gasteiger partial charge in [-0.05, 0) is 30.9 Å². The molecule has 0 radical (unpaired) electrons. The Morgan fingerprint density at radius 1 is 1.27 bits per heavy atom. The van der Waals surface area contributed by atoms with Crippen molar-refractivity contribution in [1.82, 2.24) is 15.5 Å². The third kappa shape index (κ3) is 6.70. The lowest BCUT2D eigenvalue weighted by molar-refractivity contribution is 0.0179. The number of morpholine rings is 1. The highest BCUT2D eigenvalue weighted by molar-refractivity contribution is 7.98. The van der Waals surface area contributed by atoms with Crippen molar-refractivity contribution < 1.29 is 9.47 Å². The number of nitrogens with one attached hydrogen (secondary N) is 2. The Balaban J connectivity index is 2.11. The number of hydrogen-bond donors (Lipinski definition) is 2. The zero-order valence-corrected chi connectivity index (χ0v) is 17.0. The molecule has 0 aromatic heterocycles. The number of rotatable bonds is 9. The summed E-state index contributed by atoms with van der Waals surface area (Å²) in [6, 6.07) is 8.56. The molecule has 0 amide bonds. The van der Waals surface area contributed by atoms with E-state index >= 15 is 0 Å². The lowest BCUT2D eigenvalue weighted by atomic mass is 10.0. The smallest absolute Gasteiger partial charge is 0.191 e. The van der Waals surface area contributed by atoms with Crippen LogP contribution in [-0.2, 0) is 4.74 Å². The number of nitrogens with zero attached hydrogens (tertiary/aromatic N) is 2. The molecule has 1 atom stereocenters. The van der Waals surface area contributed by atoms with Crippen molar-refractivity contribution in [2.24, 2.45) is 4.99 Å². The van der Waals surface area contributed by atoms with E-state index in [0.717, 1.165) is 56.9 Å². The van der Waals surface area contributed by atoms with Crippen LogP contribution in [0.15, 0.2) is 29.3 Å². The van der Waals surface area contributed by atoms with E-state index < -0.39 is 0 Å². The standard InChI is InChI=1S/C19H32N4O2S/c1-4-20-19(21-9-14-26-3)22-15-18(23-10-12-25-13-11-23)16-5-7-17(24-2)8-6-16/h5-8,18H,4,9-15H2,1-3H3,(H2,20,21,22). The maximum atomic E-state index is 5.53. The molecule has 0 bridgehead atoms. The van der Waals surface area contributed by atoms with Gasteiger partial charge in [0.1, 0.15) is 5.75 Å². The minimum Gasteiger partial charge on any atom is -0.497 e. The van der Waals surface area contributed by atoms with E-state index in [9.17, 15) is 0 Å². The minimum atomic E-state index is 0.237. The second-order valence-corrected chi connectivity index (χ2v) is 7.06. The maximum Gasteiger partial charge on any atom is 0.191 e. The first-order valence-electron chi connectivity index (χ1n) is 9.25. The number of hydrogen-bond acceptors (Lipinski definition) is 5. The molecule has 2 rings (SSSR count). The number of benzene rings is 1. The fourth-order valence-electron chi connectivity index (χ4n) is 2.94. The average molecular weight is 381 g/mol. The van der Waals surface area contributed by atoms with Gasteiger partial charge in [-0.15, -0.1) is 0 Å². The Morgan fingerprint density at radius 3 is 2.62 bits per heavy atom. The monoisotopic (exact) mass is 380 g/mol. The third-order valence-corrected chi connectivity index (χ3v) is 4.96. The van der Waals surface area contributed by atoms with Crippen LogP contribution in [0.1, 0.15) is 18.5 Å². The van der Waals surface area contributed by atoms with Crippen LogP contribution >= 0.6 is 11.8 Å². The Kier molecular flexibility index (Phi) is 9.66. The zero-order chi connectivity index (χ0) is 18.6. The van der Waals surface area contributed by atoms with Gasteiger partial charge in [-0.2, -0.15) is 11.8 Å². The van der Waals surface area contributed by atoms with Crippen LogP contribution in [0.5, 0.6) is 5.75 Å². The van der Waals surface area contributed by atoms with Crippen molar-refractivity contribution in [2.75, 3.05) is 65.1 Å². The van der Waals surface area contributed by atoms with Crippen LogP contribution in [0.25, 0.3) is 0 Å². The Morgan fingerprint density at radius 2 is 2.00 bits per heavy atom. The molecule has 2 N–H and O–H groups in total. The van der Waals surface area contributed by atoms with Crippen LogP contribution in [0, 0.1) is 0 Å². The molecule has 1 aromatic rings.